The van der Waals surface area contributed by atoms with Gasteiger partial charge in [-0.05, 0) is 0 Å². The second-order valence-corrected chi connectivity index (χ2v) is 1.73. The highest BCUT2D eigenvalue weighted by atomic mass is 19.1. The third-order valence-corrected chi connectivity index (χ3v) is 0.883. The zero-order valence-corrected chi connectivity index (χ0v) is 5.87. The molecule has 1 aromatic heterocycles. The number of hydrogen-bond acceptors (Lipinski definition) is 5. The van der Waals surface area contributed by atoms with Crippen molar-refractivity contribution in [3.05, 3.63) is 12.2 Å². The maximum Gasteiger partial charge on any atom is 0.324 e. The number of aliphatic hydroxyl groups excluding tert-OH is 1. The first-order chi connectivity index (χ1) is 5.72. The summed E-state index contributed by atoms with van der Waals surface area (Å²) >= 11 is 0. The molecule has 1 rings (SSSR count). The van der Waals surface area contributed by atoms with Gasteiger partial charge in [-0.2, -0.15) is 13.8 Å². The van der Waals surface area contributed by atoms with E-state index in [-0.39, 0.29) is 13.2 Å². The van der Waals surface area contributed by atoms with Crippen LogP contribution in [0.3, 0.4) is 0 Å². The third kappa shape index (κ3) is 2.35. The minimum atomic E-state index is -1.25. The first-order valence-corrected chi connectivity index (χ1v) is 3.03. The predicted molar refractivity (Wildman–Crippen MR) is 32.3 cm³/mol. The average molecular weight is 177 g/mol. The summed E-state index contributed by atoms with van der Waals surface area (Å²) in [6.07, 6.45) is -2.51. The molecule has 0 unspecified atom stereocenters. The van der Waals surface area contributed by atoms with Crippen LogP contribution in [0.1, 0.15) is 0 Å². The standard InChI is InChI=1S/C5H5F2N3O2/c6-3-8-4(7)10-5(9-3)12-2-1-11/h11H,1-2H2. The van der Waals surface area contributed by atoms with Crippen LogP contribution in [0.15, 0.2) is 0 Å². The van der Waals surface area contributed by atoms with E-state index in [2.05, 4.69) is 19.7 Å². The van der Waals surface area contributed by atoms with Crippen LogP contribution in [0.4, 0.5) is 8.78 Å². The van der Waals surface area contributed by atoms with Crippen molar-refractivity contribution in [1.29, 1.82) is 0 Å². The number of nitrogens with zero attached hydrogens (tertiary/aromatic N) is 3. The van der Waals surface area contributed by atoms with Gasteiger partial charge in [0.25, 0.3) is 0 Å². The van der Waals surface area contributed by atoms with Gasteiger partial charge >= 0.3 is 18.2 Å². The average Bonchev–Trinajstić information content (AvgIpc) is 1.99. The normalized spacial score (nSPS) is 9.92. The molecule has 1 aromatic rings. The Labute approximate surface area is 66.1 Å². The van der Waals surface area contributed by atoms with Crippen LogP contribution in [-0.2, 0) is 0 Å². The van der Waals surface area contributed by atoms with E-state index in [0.717, 1.165) is 0 Å². The van der Waals surface area contributed by atoms with Gasteiger partial charge in [-0.15, -0.1) is 9.97 Å². The molecule has 0 fully saturated rings. The summed E-state index contributed by atoms with van der Waals surface area (Å²) in [4.78, 5) is 8.66. The fourth-order valence-corrected chi connectivity index (χ4v) is 0.510. The first kappa shape index (κ1) is 8.72. The Morgan fingerprint density at radius 1 is 1.17 bits per heavy atom. The Hall–Kier alpha value is -1.37. The predicted octanol–water partition coefficient (Wildman–Crippen LogP) is -0.479. The van der Waals surface area contributed by atoms with Crippen LogP contribution in [0.2, 0.25) is 0 Å². The maximum atomic E-state index is 12.2. The molecule has 0 saturated heterocycles. The molecule has 12 heavy (non-hydrogen) atoms. The molecule has 0 aromatic carbocycles. The van der Waals surface area contributed by atoms with E-state index in [9.17, 15) is 8.78 Å². The highest BCUT2D eigenvalue weighted by molar-refractivity contribution is 4.88. The molecule has 0 aliphatic rings. The van der Waals surface area contributed by atoms with Crippen molar-refractivity contribution in [2.45, 2.75) is 0 Å². The molecular formula is C5H5F2N3O2. The SMILES string of the molecule is OCCOc1nc(F)nc(F)n1. The van der Waals surface area contributed by atoms with Crippen molar-refractivity contribution in [1.82, 2.24) is 15.0 Å². The van der Waals surface area contributed by atoms with E-state index in [1.807, 2.05) is 0 Å². The number of rotatable bonds is 3. The Morgan fingerprint density at radius 2 is 1.75 bits per heavy atom. The van der Waals surface area contributed by atoms with E-state index in [1.165, 1.54) is 0 Å². The van der Waals surface area contributed by atoms with E-state index < -0.39 is 18.2 Å². The Bertz CT molecular complexity index is 251. The smallest absolute Gasteiger partial charge is 0.324 e. The summed E-state index contributed by atoms with van der Waals surface area (Å²) < 4.78 is 28.9. The number of halogens is 2. The zero-order valence-electron chi connectivity index (χ0n) is 5.87. The van der Waals surface area contributed by atoms with Crippen LogP contribution in [0.25, 0.3) is 0 Å². The van der Waals surface area contributed by atoms with Crippen LogP contribution >= 0.6 is 0 Å². The summed E-state index contributed by atoms with van der Waals surface area (Å²) in [6.45, 7) is -0.405. The molecule has 0 radical (unpaired) electrons. The summed E-state index contributed by atoms with van der Waals surface area (Å²) in [5.74, 6) is 0. The van der Waals surface area contributed by atoms with E-state index in [1.54, 1.807) is 0 Å². The molecule has 0 aliphatic carbocycles. The van der Waals surface area contributed by atoms with Crippen molar-refractivity contribution >= 4 is 0 Å². The quantitative estimate of drug-likeness (QED) is 0.675. The molecule has 5 nitrogen and oxygen atoms in total. The van der Waals surface area contributed by atoms with Crippen molar-refractivity contribution in [3.63, 3.8) is 0 Å². The fraction of sp³-hybridized carbons (Fsp3) is 0.400. The van der Waals surface area contributed by atoms with Gasteiger partial charge in [0.2, 0.25) is 0 Å². The van der Waals surface area contributed by atoms with Crippen LogP contribution in [0.5, 0.6) is 6.01 Å². The molecule has 1 heterocycles. The van der Waals surface area contributed by atoms with Crippen LogP contribution < -0.4 is 4.74 Å². The summed E-state index contributed by atoms with van der Waals surface area (Å²) in [7, 11) is 0. The second kappa shape index (κ2) is 3.86. The second-order valence-electron chi connectivity index (χ2n) is 1.73. The molecule has 0 atom stereocenters. The van der Waals surface area contributed by atoms with E-state index in [4.69, 9.17) is 5.11 Å². The van der Waals surface area contributed by atoms with E-state index >= 15 is 0 Å². The fourth-order valence-electron chi connectivity index (χ4n) is 0.510. The molecule has 1 N–H and O–H groups in total. The number of hydrogen-bond donors (Lipinski definition) is 1. The van der Waals surface area contributed by atoms with Crippen LogP contribution in [-0.4, -0.2) is 33.3 Å². The van der Waals surface area contributed by atoms with Gasteiger partial charge in [0.05, 0.1) is 6.61 Å². The molecule has 66 valence electrons. The monoisotopic (exact) mass is 177 g/mol. The topological polar surface area (TPSA) is 68.1 Å². The number of ether oxygens (including phenoxy) is 1. The lowest BCUT2D eigenvalue weighted by molar-refractivity contribution is 0.186. The highest BCUT2D eigenvalue weighted by Gasteiger charge is 2.05. The van der Waals surface area contributed by atoms with Crippen LogP contribution in [0, 0.1) is 12.2 Å². The maximum absolute atomic E-state index is 12.2. The van der Waals surface area contributed by atoms with Gasteiger partial charge in [-0.1, -0.05) is 0 Å². The van der Waals surface area contributed by atoms with Gasteiger partial charge in [0.1, 0.15) is 6.61 Å². The Balaban J connectivity index is 2.72. The largest absolute Gasteiger partial charge is 0.461 e. The van der Waals surface area contributed by atoms with E-state index in [0.29, 0.717) is 0 Å². The molecule has 0 aliphatic heterocycles. The van der Waals surface area contributed by atoms with Crippen molar-refractivity contribution in [2.75, 3.05) is 13.2 Å². The molecule has 0 saturated carbocycles. The Kier molecular flexibility index (Phi) is 2.81. The van der Waals surface area contributed by atoms with Gasteiger partial charge in [-0.25, -0.2) is 0 Å². The van der Waals surface area contributed by atoms with Gasteiger partial charge < -0.3 is 9.84 Å². The van der Waals surface area contributed by atoms with Gasteiger partial charge in [0.15, 0.2) is 0 Å². The minimum absolute atomic E-state index is 0.122. The Morgan fingerprint density at radius 3 is 2.25 bits per heavy atom. The molecule has 0 amide bonds. The minimum Gasteiger partial charge on any atom is -0.461 e. The van der Waals surface area contributed by atoms with Crippen molar-refractivity contribution < 1.29 is 18.6 Å². The molecule has 0 bridgehead atoms. The molecular weight excluding hydrogens is 172 g/mol. The summed E-state index contributed by atoms with van der Waals surface area (Å²) in [6, 6.07) is -0.478. The van der Waals surface area contributed by atoms with Crippen molar-refractivity contribution in [2.24, 2.45) is 0 Å². The lowest BCUT2D eigenvalue weighted by Crippen LogP contribution is -2.08. The number of aliphatic hydroxyl groups is 1. The zero-order chi connectivity index (χ0) is 8.97. The summed E-state index contributed by atoms with van der Waals surface area (Å²) in [5, 5.41) is 8.28. The molecule has 0 spiro atoms. The first-order valence-electron chi connectivity index (χ1n) is 3.03. The lowest BCUT2D eigenvalue weighted by Gasteiger charge is -1.99. The van der Waals surface area contributed by atoms with Gasteiger partial charge in [-0.3, -0.25) is 0 Å². The highest BCUT2D eigenvalue weighted by Crippen LogP contribution is 2.01. The number of aromatic nitrogens is 3. The lowest BCUT2D eigenvalue weighted by atomic mass is 10.8. The van der Waals surface area contributed by atoms with Gasteiger partial charge in [0, 0.05) is 0 Å². The van der Waals surface area contributed by atoms with Crippen molar-refractivity contribution in [3.8, 4) is 6.01 Å². The third-order valence-electron chi connectivity index (χ3n) is 0.883. The molecule has 7 heteroatoms. The summed E-state index contributed by atoms with van der Waals surface area (Å²) in [5.41, 5.74) is 0.